The SMILES string of the molecule is CC(C)(CC(=O)C(N)Cc1c[nH]c2ccccc12)C(=O)O. The van der Waals surface area contributed by atoms with E-state index in [-0.39, 0.29) is 12.2 Å². The Morgan fingerprint density at radius 3 is 2.67 bits per heavy atom. The number of Topliss-reactive ketones (excluding diaryl/α,β-unsaturated/α-hetero) is 1. The molecule has 1 atom stereocenters. The first-order valence-electron chi connectivity index (χ1n) is 6.88. The van der Waals surface area contributed by atoms with Crippen molar-refractivity contribution in [1.29, 1.82) is 0 Å². The maximum Gasteiger partial charge on any atom is 0.309 e. The first-order chi connectivity index (χ1) is 9.81. The fraction of sp³-hybridized carbons (Fsp3) is 0.375. The van der Waals surface area contributed by atoms with Crippen LogP contribution in [0.25, 0.3) is 10.9 Å². The van der Waals surface area contributed by atoms with Gasteiger partial charge in [0, 0.05) is 23.5 Å². The van der Waals surface area contributed by atoms with Gasteiger partial charge in [0.1, 0.15) is 0 Å². The summed E-state index contributed by atoms with van der Waals surface area (Å²) < 4.78 is 0. The lowest BCUT2D eigenvalue weighted by atomic mass is 9.85. The number of nitrogens with two attached hydrogens (primary N) is 1. The summed E-state index contributed by atoms with van der Waals surface area (Å²) in [5.41, 5.74) is 6.83. The second-order valence-electron chi connectivity index (χ2n) is 6.00. The van der Waals surface area contributed by atoms with E-state index in [1.165, 1.54) is 13.8 Å². The van der Waals surface area contributed by atoms with Crippen molar-refractivity contribution in [3.8, 4) is 0 Å². The van der Waals surface area contributed by atoms with Crippen molar-refractivity contribution < 1.29 is 14.7 Å². The fourth-order valence-electron chi connectivity index (χ4n) is 2.29. The summed E-state index contributed by atoms with van der Waals surface area (Å²) in [6, 6.07) is 7.10. The highest BCUT2D eigenvalue weighted by Crippen LogP contribution is 2.23. The number of rotatable bonds is 6. The molecule has 0 spiro atoms. The van der Waals surface area contributed by atoms with Crippen molar-refractivity contribution in [1.82, 2.24) is 4.98 Å². The Labute approximate surface area is 123 Å². The zero-order valence-electron chi connectivity index (χ0n) is 12.2. The van der Waals surface area contributed by atoms with E-state index in [4.69, 9.17) is 10.8 Å². The van der Waals surface area contributed by atoms with E-state index in [1.54, 1.807) is 0 Å². The number of carboxylic acids is 1. The molecular weight excluding hydrogens is 268 g/mol. The van der Waals surface area contributed by atoms with Crippen molar-refractivity contribution in [2.45, 2.75) is 32.7 Å². The molecular formula is C16H20N2O3. The number of H-pyrrole nitrogens is 1. The van der Waals surface area contributed by atoms with Crippen LogP contribution in [0, 0.1) is 5.41 Å². The van der Waals surface area contributed by atoms with E-state index in [0.29, 0.717) is 6.42 Å². The number of ketones is 1. The number of nitrogens with one attached hydrogen (secondary N) is 1. The molecule has 0 fully saturated rings. The summed E-state index contributed by atoms with van der Waals surface area (Å²) in [7, 11) is 0. The van der Waals surface area contributed by atoms with E-state index >= 15 is 0 Å². The summed E-state index contributed by atoms with van der Waals surface area (Å²) >= 11 is 0. The molecule has 5 heteroatoms. The largest absolute Gasteiger partial charge is 0.481 e. The average Bonchev–Trinajstić information content (AvgIpc) is 2.81. The molecule has 1 aromatic carbocycles. The van der Waals surface area contributed by atoms with Crippen LogP contribution in [0.1, 0.15) is 25.8 Å². The molecule has 0 saturated heterocycles. The van der Waals surface area contributed by atoms with Crippen LogP contribution in [0.5, 0.6) is 0 Å². The maximum atomic E-state index is 12.1. The quantitative estimate of drug-likeness (QED) is 0.758. The van der Waals surface area contributed by atoms with Crippen molar-refractivity contribution in [3.05, 3.63) is 36.0 Å². The zero-order chi connectivity index (χ0) is 15.6. The van der Waals surface area contributed by atoms with E-state index in [9.17, 15) is 9.59 Å². The molecule has 0 bridgehead atoms. The first-order valence-corrected chi connectivity index (χ1v) is 6.88. The molecule has 0 amide bonds. The summed E-state index contributed by atoms with van der Waals surface area (Å²) in [4.78, 5) is 26.3. The molecule has 1 unspecified atom stereocenters. The number of hydrogen-bond acceptors (Lipinski definition) is 3. The number of benzene rings is 1. The van der Waals surface area contributed by atoms with Crippen LogP contribution < -0.4 is 5.73 Å². The fourth-order valence-corrected chi connectivity index (χ4v) is 2.29. The molecule has 0 aliphatic carbocycles. The summed E-state index contributed by atoms with van der Waals surface area (Å²) in [6.45, 7) is 3.07. The number of aliphatic carboxylic acids is 1. The minimum absolute atomic E-state index is 0.0636. The van der Waals surface area contributed by atoms with Crippen LogP contribution in [0.2, 0.25) is 0 Å². The number of hydrogen-bond donors (Lipinski definition) is 3. The van der Waals surface area contributed by atoms with E-state index in [2.05, 4.69) is 4.98 Å². The predicted molar refractivity (Wildman–Crippen MR) is 81.0 cm³/mol. The highest BCUT2D eigenvalue weighted by Gasteiger charge is 2.32. The monoisotopic (exact) mass is 288 g/mol. The van der Waals surface area contributed by atoms with Gasteiger partial charge in [0.2, 0.25) is 0 Å². The van der Waals surface area contributed by atoms with Gasteiger partial charge in [-0.1, -0.05) is 18.2 Å². The standard InChI is InChI=1S/C16H20N2O3/c1-16(2,15(20)21)8-14(19)12(17)7-10-9-18-13-6-4-3-5-11(10)13/h3-6,9,12,18H,7-8,17H2,1-2H3,(H,20,21). The van der Waals surface area contributed by atoms with E-state index < -0.39 is 17.4 Å². The topological polar surface area (TPSA) is 96.2 Å². The molecule has 0 saturated carbocycles. The number of carboxylic acid groups (broad SMARTS) is 1. The van der Waals surface area contributed by atoms with Crippen LogP contribution in [0.4, 0.5) is 0 Å². The van der Waals surface area contributed by atoms with Gasteiger partial charge in [-0.3, -0.25) is 9.59 Å². The van der Waals surface area contributed by atoms with Crippen molar-refractivity contribution in [3.63, 3.8) is 0 Å². The third kappa shape index (κ3) is 3.31. The minimum atomic E-state index is -1.09. The van der Waals surface area contributed by atoms with Gasteiger partial charge in [0.15, 0.2) is 5.78 Å². The molecule has 0 radical (unpaired) electrons. The molecule has 2 rings (SSSR count). The second kappa shape index (κ2) is 5.69. The van der Waals surface area contributed by atoms with Gasteiger partial charge >= 0.3 is 5.97 Å². The van der Waals surface area contributed by atoms with Crippen molar-refractivity contribution in [2.75, 3.05) is 0 Å². The number of carbonyl (C=O) groups excluding carboxylic acids is 1. The molecule has 1 heterocycles. The zero-order valence-corrected chi connectivity index (χ0v) is 12.2. The van der Waals surface area contributed by atoms with Crippen LogP contribution in [-0.2, 0) is 16.0 Å². The first kappa shape index (κ1) is 15.3. The molecule has 1 aromatic heterocycles. The van der Waals surface area contributed by atoms with Crippen molar-refractivity contribution >= 4 is 22.7 Å². The maximum absolute atomic E-state index is 12.1. The molecule has 0 aliphatic heterocycles. The van der Waals surface area contributed by atoms with Gasteiger partial charge in [-0.25, -0.2) is 0 Å². The third-order valence-electron chi connectivity index (χ3n) is 3.72. The molecule has 5 nitrogen and oxygen atoms in total. The molecule has 2 aromatic rings. The summed E-state index contributed by atoms with van der Waals surface area (Å²) in [5.74, 6) is -1.22. The minimum Gasteiger partial charge on any atom is -0.481 e. The predicted octanol–water partition coefficient (Wildman–Crippen LogP) is 2.11. The molecule has 4 N–H and O–H groups in total. The van der Waals surface area contributed by atoms with Gasteiger partial charge in [0.05, 0.1) is 11.5 Å². The van der Waals surface area contributed by atoms with Gasteiger partial charge < -0.3 is 15.8 Å². The molecule has 112 valence electrons. The van der Waals surface area contributed by atoms with Gasteiger partial charge in [-0.05, 0) is 31.9 Å². The third-order valence-corrected chi connectivity index (χ3v) is 3.72. The molecule has 21 heavy (non-hydrogen) atoms. The van der Waals surface area contributed by atoms with Crippen LogP contribution in [0.15, 0.2) is 30.5 Å². The lowest BCUT2D eigenvalue weighted by molar-refractivity contribution is -0.149. The Hall–Kier alpha value is -2.14. The molecule has 0 aliphatic rings. The Kier molecular flexibility index (Phi) is 4.14. The summed E-state index contributed by atoms with van der Waals surface area (Å²) in [5, 5.41) is 10.1. The number of aromatic nitrogens is 1. The van der Waals surface area contributed by atoms with Crippen molar-refractivity contribution in [2.24, 2.45) is 11.1 Å². The van der Waals surface area contributed by atoms with Crippen LogP contribution in [0.3, 0.4) is 0 Å². The second-order valence-corrected chi connectivity index (χ2v) is 6.00. The number of carbonyl (C=O) groups is 2. The van der Waals surface area contributed by atoms with Crippen LogP contribution >= 0.6 is 0 Å². The Bertz CT molecular complexity index is 673. The number of aromatic amines is 1. The van der Waals surface area contributed by atoms with Gasteiger partial charge in [-0.15, -0.1) is 0 Å². The van der Waals surface area contributed by atoms with Gasteiger partial charge in [-0.2, -0.15) is 0 Å². The number of fused-ring (bicyclic) bond motifs is 1. The lowest BCUT2D eigenvalue weighted by Crippen LogP contribution is -2.37. The Morgan fingerprint density at radius 2 is 2.00 bits per heavy atom. The Morgan fingerprint density at radius 1 is 1.33 bits per heavy atom. The highest BCUT2D eigenvalue weighted by molar-refractivity contribution is 5.90. The average molecular weight is 288 g/mol. The van der Waals surface area contributed by atoms with E-state index in [0.717, 1.165) is 16.5 Å². The Balaban J connectivity index is 2.09. The summed E-state index contributed by atoms with van der Waals surface area (Å²) in [6.07, 6.45) is 2.19. The number of para-hydroxylation sites is 1. The van der Waals surface area contributed by atoms with Gasteiger partial charge in [0.25, 0.3) is 0 Å². The normalized spacial score (nSPS) is 13.3. The van der Waals surface area contributed by atoms with E-state index in [1.807, 2.05) is 30.5 Å². The lowest BCUT2D eigenvalue weighted by Gasteiger charge is -2.20. The smallest absolute Gasteiger partial charge is 0.309 e. The van der Waals surface area contributed by atoms with Crippen LogP contribution in [-0.4, -0.2) is 27.9 Å². The highest BCUT2D eigenvalue weighted by atomic mass is 16.4.